The van der Waals surface area contributed by atoms with Crippen LogP contribution in [0.3, 0.4) is 0 Å². The second kappa shape index (κ2) is 41.4. The predicted octanol–water partition coefficient (Wildman–Crippen LogP) is 18.2. The number of hydrogen-bond acceptors (Lipinski definition) is 26. The first-order valence-electron chi connectivity index (χ1n) is 40.2. The lowest BCUT2D eigenvalue weighted by Crippen LogP contribution is -2.47. The van der Waals surface area contributed by atoms with E-state index in [1.165, 1.54) is 30.7 Å². The monoisotopic (exact) mass is 1890 g/mol. The fraction of sp³-hybridized carbons (Fsp3) is 0.398. The van der Waals surface area contributed by atoms with Gasteiger partial charge in [-0.15, -0.1) is 0 Å². The van der Waals surface area contributed by atoms with Gasteiger partial charge in [0.25, 0.3) is 10.0 Å². The minimum Gasteiger partial charge on any atom is -0.444 e. The summed E-state index contributed by atoms with van der Waals surface area (Å²) in [5.74, 6) is -1.79. The van der Waals surface area contributed by atoms with Crippen LogP contribution in [0.25, 0.3) is 67.3 Å². The number of carbonyl (C=O) groups is 3. The van der Waals surface area contributed by atoms with Crippen LogP contribution in [-0.2, 0) is 24.2 Å². The van der Waals surface area contributed by atoms with Crippen LogP contribution in [0.15, 0.2) is 116 Å². The van der Waals surface area contributed by atoms with Crippen LogP contribution in [0.2, 0.25) is 30.8 Å². The summed E-state index contributed by atoms with van der Waals surface area (Å²) in [5, 5.41) is 18.6. The first-order valence-corrected chi connectivity index (χ1v) is 43.9. The molecule has 0 bridgehead atoms. The lowest BCUT2D eigenvalue weighted by molar-refractivity contribution is 0.0196. The van der Waals surface area contributed by atoms with E-state index in [1.54, 1.807) is 90.6 Å². The normalized spacial score (nSPS) is 16.7. The molecule has 4 aliphatic heterocycles. The molecule has 4 aliphatic rings. The maximum atomic E-state index is 14.9. The third-order valence-corrected chi connectivity index (χ3v) is 22.3. The molecule has 0 unspecified atom stereocenters. The minimum atomic E-state index is -4.03. The van der Waals surface area contributed by atoms with Crippen molar-refractivity contribution < 1.29 is 59.0 Å². The molecule has 15 heterocycles. The number of pyridine rings is 3. The molecule has 0 aliphatic carbocycles. The van der Waals surface area contributed by atoms with E-state index in [0.717, 1.165) is 102 Å². The van der Waals surface area contributed by atoms with E-state index in [4.69, 9.17) is 83.8 Å². The van der Waals surface area contributed by atoms with Gasteiger partial charge in [0.2, 0.25) is 10.6 Å². The summed E-state index contributed by atoms with van der Waals surface area (Å²) >= 11 is 34.4. The number of anilines is 4. The second-order valence-corrected chi connectivity index (χ2v) is 37.0. The van der Waals surface area contributed by atoms with Gasteiger partial charge in [-0.2, -0.15) is 4.98 Å². The molecule has 0 spiro atoms. The number of halogens is 11. The van der Waals surface area contributed by atoms with Crippen molar-refractivity contribution >= 4 is 154 Å². The summed E-state index contributed by atoms with van der Waals surface area (Å²) < 4.78 is 114. The molecule has 11 aromatic heterocycles. The summed E-state index contributed by atoms with van der Waals surface area (Å²) in [5.41, 5.74) is 2.37. The Labute approximate surface area is 757 Å². The Balaban J connectivity index is 0.000000152. The first-order chi connectivity index (χ1) is 60.2. The highest BCUT2D eigenvalue weighted by Crippen LogP contribution is 2.36. The molecule has 674 valence electrons. The fourth-order valence-electron chi connectivity index (χ4n) is 13.6. The van der Waals surface area contributed by atoms with Gasteiger partial charge in [0.05, 0.1) is 50.9 Å². The highest BCUT2D eigenvalue weighted by atomic mass is 35.5. The Morgan fingerprint density at radius 2 is 0.819 bits per heavy atom. The number of aromatic amines is 2. The van der Waals surface area contributed by atoms with Crippen LogP contribution in [0.1, 0.15) is 119 Å². The maximum absolute atomic E-state index is 14.9. The fourth-order valence-corrected chi connectivity index (χ4v) is 15.9. The number of benzene rings is 1. The largest absolute Gasteiger partial charge is 0.444 e. The zero-order valence-corrected chi connectivity index (χ0v) is 75.8. The van der Waals surface area contributed by atoms with Crippen LogP contribution in [0.4, 0.5) is 59.6 Å². The van der Waals surface area contributed by atoms with E-state index in [9.17, 15) is 44.8 Å². The van der Waals surface area contributed by atoms with E-state index in [1.807, 2.05) is 48.5 Å². The Morgan fingerprint density at radius 1 is 0.449 bits per heavy atom. The zero-order chi connectivity index (χ0) is 91.4. The van der Waals surface area contributed by atoms with Crippen LogP contribution >= 0.6 is 69.6 Å². The van der Waals surface area contributed by atoms with Gasteiger partial charge >= 0.3 is 18.3 Å². The van der Waals surface area contributed by atoms with Gasteiger partial charge in [-0.05, 0) is 181 Å². The molecule has 4 fully saturated rings. The number of aromatic nitrogens is 16. The summed E-state index contributed by atoms with van der Waals surface area (Å²) in [6.07, 6.45) is 20.0. The number of nitrogens with zero attached hydrogens (tertiary/aromatic N) is 17. The number of piperidine rings is 4. The van der Waals surface area contributed by atoms with Gasteiger partial charge in [-0.3, -0.25) is 0 Å². The summed E-state index contributed by atoms with van der Waals surface area (Å²) in [6.45, 7) is 22.9. The maximum Gasteiger partial charge on any atom is 0.410 e. The highest BCUT2D eigenvalue weighted by molar-refractivity contribution is 7.90. The quantitative estimate of drug-likeness (QED) is 0.0244. The third kappa shape index (κ3) is 25.9. The molecule has 4 saturated heterocycles. The summed E-state index contributed by atoms with van der Waals surface area (Å²) in [4.78, 5) is 100. The molecule has 0 saturated carbocycles. The van der Waals surface area contributed by atoms with E-state index < -0.39 is 62.0 Å². The molecule has 7 N–H and O–H groups in total. The van der Waals surface area contributed by atoms with Crippen LogP contribution in [0, 0.1) is 36.0 Å². The number of hydrogen-bond donors (Lipinski definition) is 7. The average Bonchev–Trinajstić information content (AvgIpc) is 1.59. The summed E-state index contributed by atoms with van der Waals surface area (Å²) in [6, 6.07) is 11.2. The molecular formula is C83H91Cl6F5N24O8S. The van der Waals surface area contributed by atoms with Crippen molar-refractivity contribution in [1.29, 1.82) is 0 Å². The molecule has 12 aromatic rings. The van der Waals surface area contributed by atoms with Crippen molar-refractivity contribution in [2.45, 2.75) is 166 Å². The van der Waals surface area contributed by atoms with Gasteiger partial charge < -0.3 is 65.5 Å². The van der Waals surface area contributed by atoms with Crippen LogP contribution < -0.4 is 26.6 Å². The van der Waals surface area contributed by atoms with Gasteiger partial charge in [0.15, 0.2) is 80.6 Å². The van der Waals surface area contributed by atoms with Gasteiger partial charge in [-0.25, -0.2) is 109 Å². The van der Waals surface area contributed by atoms with E-state index >= 15 is 0 Å². The molecular weight excluding hydrogens is 1800 g/mol. The van der Waals surface area contributed by atoms with Crippen molar-refractivity contribution in [3.63, 3.8) is 0 Å². The Kier molecular flexibility index (Phi) is 31.0. The number of rotatable bonds is 13. The second-order valence-electron chi connectivity index (χ2n) is 32.9. The lowest BCUT2D eigenvalue weighted by Gasteiger charge is -2.34. The van der Waals surface area contributed by atoms with Gasteiger partial charge in [0.1, 0.15) is 28.1 Å². The van der Waals surface area contributed by atoms with Crippen molar-refractivity contribution in [3.05, 3.63) is 176 Å². The molecule has 4 atom stereocenters. The topological polar surface area (TPSA) is 387 Å². The number of amides is 3. The molecule has 127 heavy (non-hydrogen) atoms. The molecule has 3 amide bonds. The average molecular weight is 1890 g/mol. The molecule has 32 nitrogen and oxygen atoms in total. The molecule has 44 heteroatoms. The number of aryl methyl sites for hydroxylation is 1. The standard InChI is InChI=1S/C28H30ClFN6O4S.C21H24ClFN6O2.C16H16ClFN6.C14H20ClFN4O2.C4HCl2FN2/c1-17-7-9-20(10-8-17)41(38,39)36-16-22(21-12-18(29)13-32-26(21)36)24-31-14-23(30)25(34-24)33-19-6-5-11-35(15-19)27(37)40-28(2,3)4;1-21(2,3)31-20(30)29-6-4-5-13(11-29)27-19-16(23)10-26-18(28-19)15-9-25-17-14(15)7-12(22)8-24-17;17-9-4-11-12(7-21-14(11)20-5-9)15-22-8-13(18)16(24-15)23-10-2-1-3-19-6-10;1-14(2,3)22-13(21)20-6-4-5-9(8-20)18-11-10(16)7-17-12(15)19-11;5-3-2(7)1-8-4(6)9-3/h7-10,12-14,16,19H,5-6,11,15H2,1-4H3,(H,31,33,34);7-10,13H,4-6,11H2,1-3H3,(H,24,25)(H,26,27,28);4-5,7-8,10,19H,1-3,6H2,(H,20,21)(H,22,23,24);7,9H,4-6,8H2,1-3H3,(H,17,18,19);1H/t19-;13-;10-;9-;/m0000./s1. The van der Waals surface area contributed by atoms with Crippen molar-refractivity contribution in [2.24, 2.45) is 0 Å². The van der Waals surface area contributed by atoms with Crippen LogP contribution in [0.5, 0.6) is 0 Å². The number of H-pyrrole nitrogens is 2. The minimum absolute atomic E-state index is 0.0243. The third-order valence-electron chi connectivity index (χ3n) is 19.4. The Hall–Kier alpha value is -11.0. The van der Waals surface area contributed by atoms with E-state index in [2.05, 4.69) is 101 Å². The number of fused-ring (bicyclic) bond motifs is 3. The number of ether oxygens (including phenoxy) is 3. The number of carbonyl (C=O) groups excluding carboxylic acids is 3. The Bertz CT molecular complexity index is 6050. The summed E-state index contributed by atoms with van der Waals surface area (Å²) in [7, 11) is -4.03. The number of nitrogens with one attached hydrogen (secondary N) is 7. The SMILES string of the molecule is CC(C)(C)OC(=O)N1CCC[C@H](Nc2nc(-c3c[nH]c4ncc(Cl)cc34)ncc2F)C1.CC(C)(C)OC(=O)N1CCC[C@H](Nc2nc(Cl)ncc2F)C1.Cc1ccc(S(=O)(=O)n2cc(-c3ncc(F)c(N[C@H]4CCCN(C(=O)OC(C)(C)C)C4)n3)c3cc(Cl)cnc32)cc1.Fc1cnc(-c2c[nH]c3ncc(Cl)cc23)nc1N[C@H]1CCCNC1.Fc1cnc(Cl)nc1Cl. The van der Waals surface area contributed by atoms with Gasteiger partial charge in [0, 0.05) is 140 Å². The zero-order valence-electron chi connectivity index (χ0n) is 70.4. The van der Waals surface area contributed by atoms with Crippen molar-refractivity contribution in [3.8, 4) is 34.2 Å². The molecule has 0 radical (unpaired) electrons. The Morgan fingerprint density at radius 3 is 1.22 bits per heavy atom. The van der Waals surface area contributed by atoms with E-state index in [-0.39, 0.29) is 96.7 Å². The highest BCUT2D eigenvalue weighted by Gasteiger charge is 2.34. The smallest absolute Gasteiger partial charge is 0.410 e. The van der Waals surface area contributed by atoms with E-state index in [0.29, 0.717) is 102 Å². The predicted molar refractivity (Wildman–Crippen MR) is 476 cm³/mol. The van der Waals surface area contributed by atoms with Crippen LogP contribution in [-0.4, -0.2) is 213 Å². The number of likely N-dealkylation sites (tertiary alicyclic amines) is 3. The van der Waals surface area contributed by atoms with Crippen molar-refractivity contribution in [2.75, 3.05) is 73.6 Å². The lowest BCUT2D eigenvalue weighted by atomic mass is 10.1. The molecule has 16 rings (SSSR count). The molecule has 1 aromatic carbocycles. The van der Waals surface area contributed by atoms with Gasteiger partial charge in [-0.1, -0.05) is 64.1 Å². The first kappa shape index (κ1) is 95.1. The van der Waals surface area contributed by atoms with Crippen molar-refractivity contribution in [1.82, 2.24) is 98.7 Å².